The maximum absolute atomic E-state index is 11.3. The molecule has 72 valence electrons. The monoisotopic (exact) mass is 208 g/mol. The summed E-state index contributed by atoms with van der Waals surface area (Å²) in [4.78, 5) is 22.6. The Bertz CT molecular complexity index is 384. The molecule has 1 aromatic rings. The molecule has 2 heterocycles. The van der Waals surface area contributed by atoms with Crippen molar-refractivity contribution in [1.29, 1.82) is 0 Å². The van der Waals surface area contributed by atoms with Crippen LogP contribution in [0.4, 0.5) is 0 Å². The van der Waals surface area contributed by atoms with Crippen LogP contribution in [0.2, 0.25) is 0 Å². The number of fused-ring (bicyclic) bond motifs is 2. The molecule has 0 spiro atoms. The summed E-state index contributed by atoms with van der Waals surface area (Å²) in [6, 6.07) is 0. The summed E-state index contributed by atoms with van der Waals surface area (Å²) in [7, 11) is 0. The molecule has 1 aliphatic carbocycles. The van der Waals surface area contributed by atoms with Crippen molar-refractivity contribution in [2.75, 3.05) is 0 Å². The molecule has 0 bridgehead atoms. The van der Waals surface area contributed by atoms with Gasteiger partial charge in [0.2, 0.25) is 0 Å². The van der Waals surface area contributed by atoms with Gasteiger partial charge in [-0.05, 0) is 34.7 Å². The molecular weight excluding hydrogens is 200 g/mol. The molecule has 3 rings (SSSR count). The van der Waals surface area contributed by atoms with Crippen LogP contribution in [0.25, 0.3) is 0 Å². The molecule has 4 heteroatoms. The molecule has 0 amide bonds. The standard InChI is InChI=1S/C10H8O3S/c11-9-7-1-5-3-14-4-6(5)2-8(7)10(12)13-9/h3-4,7-8H,1-2H2. The maximum Gasteiger partial charge on any atom is 0.317 e. The number of ether oxygens (including phenoxy) is 1. The number of thiophene rings is 1. The fourth-order valence-electron chi connectivity index (χ4n) is 2.21. The van der Waals surface area contributed by atoms with Crippen LogP contribution in [0.15, 0.2) is 10.8 Å². The van der Waals surface area contributed by atoms with E-state index in [0.717, 1.165) is 0 Å². The van der Waals surface area contributed by atoms with Gasteiger partial charge in [0.15, 0.2) is 0 Å². The Balaban J connectivity index is 2.02. The second kappa shape index (κ2) is 2.67. The fourth-order valence-corrected chi connectivity index (χ4v) is 3.10. The summed E-state index contributed by atoms with van der Waals surface area (Å²) in [5, 5.41) is 4.11. The van der Waals surface area contributed by atoms with Crippen molar-refractivity contribution in [3.8, 4) is 0 Å². The molecule has 1 aliphatic heterocycles. The molecule has 2 unspecified atom stereocenters. The topological polar surface area (TPSA) is 43.4 Å². The van der Waals surface area contributed by atoms with E-state index in [1.54, 1.807) is 11.3 Å². The zero-order valence-corrected chi connectivity index (χ0v) is 8.17. The van der Waals surface area contributed by atoms with E-state index in [4.69, 9.17) is 0 Å². The largest absolute Gasteiger partial charge is 0.393 e. The average molecular weight is 208 g/mol. The first-order valence-corrected chi connectivity index (χ1v) is 5.49. The molecule has 0 aromatic carbocycles. The van der Waals surface area contributed by atoms with Crippen molar-refractivity contribution >= 4 is 23.3 Å². The summed E-state index contributed by atoms with van der Waals surface area (Å²) in [6.07, 6.45) is 1.35. The van der Waals surface area contributed by atoms with E-state index in [1.165, 1.54) is 11.1 Å². The van der Waals surface area contributed by atoms with Crippen LogP contribution >= 0.6 is 11.3 Å². The van der Waals surface area contributed by atoms with Crippen LogP contribution in [0.3, 0.4) is 0 Å². The number of carbonyl (C=O) groups is 2. The molecule has 1 saturated heterocycles. The van der Waals surface area contributed by atoms with Gasteiger partial charge in [0.1, 0.15) is 0 Å². The number of rotatable bonds is 0. The number of carbonyl (C=O) groups excluding carboxylic acids is 2. The average Bonchev–Trinajstić information content (AvgIpc) is 2.70. The van der Waals surface area contributed by atoms with Crippen molar-refractivity contribution in [2.24, 2.45) is 11.8 Å². The lowest BCUT2D eigenvalue weighted by Gasteiger charge is -2.19. The van der Waals surface area contributed by atoms with E-state index < -0.39 is 0 Å². The Morgan fingerprint density at radius 3 is 2.07 bits per heavy atom. The van der Waals surface area contributed by atoms with E-state index >= 15 is 0 Å². The molecule has 2 atom stereocenters. The number of esters is 2. The summed E-state index contributed by atoms with van der Waals surface area (Å²) >= 11 is 1.63. The highest BCUT2D eigenvalue weighted by molar-refractivity contribution is 7.08. The van der Waals surface area contributed by atoms with E-state index in [2.05, 4.69) is 15.5 Å². The third kappa shape index (κ3) is 0.973. The maximum atomic E-state index is 11.3. The van der Waals surface area contributed by atoms with Gasteiger partial charge in [-0.25, -0.2) is 0 Å². The van der Waals surface area contributed by atoms with Crippen LogP contribution in [0.5, 0.6) is 0 Å². The summed E-state index contributed by atoms with van der Waals surface area (Å²) in [6.45, 7) is 0. The lowest BCUT2D eigenvalue weighted by molar-refractivity contribution is -0.153. The fraction of sp³-hybridized carbons (Fsp3) is 0.400. The van der Waals surface area contributed by atoms with Gasteiger partial charge in [-0.1, -0.05) is 0 Å². The third-order valence-corrected chi connectivity index (χ3v) is 3.85. The molecule has 0 N–H and O–H groups in total. The van der Waals surface area contributed by atoms with Crippen molar-refractivity contribution in [3.05, 3.63) is 21.9 Å². The third-order valence-electron chi connectivity index (χ3n) is 3.01. The number of hydrogen-bond acceptors (Lipinski definition) is 4. The molecule has 1 fully saturated rings. The van der Waals surface area contributed by atoms with Crippen LogP contribution in [0.1, 0.15) is 11.1 Å². The first-order valence-electron chi connectivity index (χ1n) is 4.55. The Labute approximate surface area is 84.7 Å². The predicted molar refractivity (Wildman–Crippen MR) is 49.8 cm³/mol. The second-order valence-corrected chi connectivity index (χ2v) is 4.53. The molecule has 0 radical (unpaired) electrons. The van der Waals surface area contributed by atoms with Gasteiger partial charge < -0.3 is 4.74 Å². The first-order chi connectivity index (χ1) is 6.75. The summed E-state index contributed by atoms with van der Waals surface area (Å²) < 4.78 is 4.63. The molecule has 2 aliphatic rings. The zero-order valence-electron chi connectivity index (χ0n) is 7.36. The number of hydrogen-bond donors (Lipinski definition) is 0. The van der Waals surface area contributed by atoms with Gasteiger partial charge in [0.25, 0.3) is 0 Å². The van der Waals surface area contributed by atoms with E-state index in [1.807, 2.05) is 0 Å². The molecule has 0 saturated carbocycles. The van der Waals surface area contributed by atoms with Gasteiger partial charge in [-0.15, -0.1) is 0 Å². The molecule has 14 heavy (non-hydrogen) atoms. The Hall–Kier alpha value is -1.16. The predicted octanol–water partition coefficient (Wildman–Crippen LogP) is 1.16. The van der Waals surface area contributed by atoms with Gasteiger partial charge >= 0.3 is 11.9 Å². The summed E-state index contributed by atoms with van der Waals surface area (Å²) in [5.74, 6) is -1.11. The van der Waals surface area contributed by atoms with Crippen LogP contribution in [-0.4, -0.2) is 11.9 Å². The van der Waals surface area contributed by atoms with Crippen molar-refractivity contribution in [1.82, 2.24) is 0 Å². The SMILES string of the molecule is O=C1OC(=O)C2Cc3cscc3CC12. The zero-order chi connectivity index (χ0) is 9.71. The first kappa shape index (κ1) is 8.17. The highest BCUT2D eigenvalue weighted by atomic mass is 32.1. The minimum absolute atomic E-state index is 0.218. The van der Waals surface area contributed by atoms with Crippen LogP contribution in [0, 0.1) is 11.8 Å². The molecular formula is C10H8O3S. The lowest BCUT2D eigenvalue weighted by atomic mass is 9.79. The van der Waals surface area contributed by atoms with Crippen molar-refractivity contribution in [3.63, 3.8) is 0 Å². The van der Waals surface area contributed by atoms with Gasteiger partial charge in [0, 0.05) is 0 Å². The van der Waals surface area contributed by atoms with Gasteiger partial charge in [-0.2, -0.15) is 11.3 Å². The second-order valence-electron chi connectivity index (χ2n) is 3.78. The number of cyclic esters (lactones) is 2. The minimum Gasteiger partial charge on any atom is -0.393 e. The summed E-state index contributed by atoms with van der Waals surface area (Å²) in [5.41, 5.74) is 2.42. The molecule has 1 aromatic heterocycles. The minimum atomic E-state index is -0.336. The van der Waals surface area contributed by atoms with Crippen LogP contribution < -0.4 is 0 Å². The highest BCUT2D eigenvalue weighted by Crippen LogP contribution is 2.37. The van der Waals surface area contributed by atoms with E-state index in [9.17, 15) is 9.59 Å². The van der Waals surface area contributed by atoms with E-state index in [0.29, 0.717) is 12.8 Å². The normalized spacial score (nSPS) is 29.7. The van der Waals surface area contributed by atoms with Crippen molar-refractivity contribution in [2.45, 2.75) is 12.8 Å². The Morgan fingerprint density at radius 2 is 1.57 bits per heavy atom. The smallest absolute Gasteiger partial charge is 0.317 e. The quantitative estimate of drug-likeness (QED) is 0.474. The highest BCUT2D eigenvalue weighted by Gasteiger charge is 2.46. The van der Waals surface area contributed by atoms with Gasteiger partial charge in [-0.3, -0.25) is 9.59 Å². The molecule has 3 nitrogen and oxygen atoms in total. The Kier molecular flexibility index (Phi) is 1.56. The van der Waals surface area contributed by atoms with Crippen LogP contribution in [-0.2, 0) is 27.2 Å². The van der Waals surface area contributed by atoms with E-state index in [-0.39, 0.29) is 23.8 Å². The lowest BCUT2D eigenvalue weighted by Crippen LogP contribution is -2.26. The van der Waals surface area contributed by atoms with Crippen molar-refractivity contribution < 1.29 is 14.3 Å². The van der Waals surface area contributed by atoms with Gasteiger partial charge in [0.05, 0.1) is 11.8 Å². The Morgan fingerprint density at radius 1 is 1.07 bits per heavy atom.